The number of carbonyl (C=O) groups is 2. The Kier molecular flexibility index (Phi) is 5.76. The molecule has 32 heavy (non-hydrogen) atoms. The van der Waals surface area contributed by atoms with Gasteiger partial charge < -0.3 is 10.1 Å². The highest BCUT2D eigenvalue weighted by Crippen LogP contribution is 2.38. The summed E-state index contributed by atoms with van der Waals surface area (Å²) in [6.45, 7) is 0. The molecule has 1 atom stereocenters. The van der Waals surface area contributed by atoms with Crippen LogP contribution in [0.25, 0.3) is 0 Å². The number of aliphatic imine (C=N–C) groups is 1. The summed E-state index contributed by atoms with van der Waals surface area (Å²) in [6.07, 6.45) is 0.147. The molecule has 4 rings (SSSR count). The number of nitrogens with zero attached hydrogens (tertiary/aromatic N) is 2. The first kappa shape index (κ1) is 20.9. The molecule has 1 aliphatic rings. The van der Waals surface area contributed by atoms with E-state index in [1.54, 1.807) is 24.3 Å². The van der Waals surface area contributed by atoms with Crippen LogP contribution in [0.2, 0.25) is 0 Å². The highest BCUT2D eigenvalue weighted by Gasteiger charge is 2.36. The van der Waals surface area contributed by atoms with Crippen LogP contribution in [0.1, 0.15) is 22.6 Å². The predicted octanol–water partition coefficient (Wildman–Crippen LogP) is 4.17. The number of esters is 1. The van der Waals surface area contributed by atoms with Crippen molar-refractivity contribution in [1.29, 1.82) is 0 Å². The number of nitro groups is 1. The van der Waals surface area contributed by atoms with Gasteiger partial charge in [0.05, 0.1) is 29.9 Å². The molecule has 3 aromatic rings. The molecule has 0 radical (unpaired) electrons. The van der Waals surface area contributed by atoms with Crippen molar-refractivity contribution in [1.82, 2.24) is 0 Å². The van der Waals surface area contributed by atoms with Crippen LogP contribution in [0, 0.1) is 10.1 Å². The lowest BCUT2D eigenvalue weighted by atomic mass is 9.90. The highest BCUT2D eigenvalue weighted by molar-refractivity contribution is 6.24. The van der Waals surface area contributed by atoms with Crippen molar-refractivity contribution in [2.24, 2.45) is 4.99 Å². The number of rotatable bonds is 6. The Morgan fingerprint density at radius 3 is 2.47 bits per heavy atom. The number of nitro benzene ring substituents is 1. The van der Waals surface area contributed by atoms with E-state index in [-0.39, 0.29) is 24.0 Å². The van der Waals surface area contributed by atoms with Gasteiger partial charge in [-0.3, -0.25) is 24.7 Å². The van der Waals surface area contributed by atoms with Crippen molar-refractivity contribution >= 4 is 34.7 Å². The number of amides is 1. The maximum Gasteiger partial charge on any atom is 0.309 e. The quantitative estimate of drug-likeness (QED) is 0.274. The lowest BCUT2D eigenvalue weighted by Gasteiger charge is -2.14. The van der Waals surface area contributed by atoms with Crippen molar-refractivity contribution in [2.45, 2.75) is 12.3 Å². The fourth-order valence-electron chi connectivity index (χ4n) is 3.60. The Labute approximate surface area is 183 Å². The highest BCUT2D eigenvalue weighted by atomic mass is 16.6. The van der Waals surface area contributed by atoms with Gasteiger partial charge in [0.2, 0.25) is 5.91 Å². The number of fused-ring (bicyclic) bond motifs is 1. The van der Waals surface area contributed by atoms with Crippen LogP contribution in [0.15, 0.2) is 77.8 Å². The van der Waals surface area contributed by atoms with Gasteiger partial charge in [-0.05, 0) is 29.3 Å². The molecule has 0 saturated heterocycles. The molecule has 1 heterocycles. The summed E-state index contributed by atoms with van der Waals surface area (Å²) < 4.78 is 4.69. The van der Waals surface area contributed by atoms with Crippen LogP contribution in [-0.4, -0.2) is 29.6 Å². The maximum absolute atomic E-state index is 12.9. The van der Waals surface area contributed by atoms with E-state index in [0.29, 0.717) is 22.6 Å². The van der Waals surface area contributed by atoms with E-state index in [2.05, 4.69) is 10.1 Å². The smallest absolute Gasteiger partial charge is 0.309 e. The first-order chi connectivity index (χ1) is 15.5. The summed E-state index contributed by atoms with van der Waals surface area (Å²) in [4.78, 5) is 39.9. The molecule has 160 valence electrons. The summed E-state index contributed by atoms with van der Waals surface area (Å²) in [6, 6.07) is 20.6. The molecule has 1 aliphatic heterocycles. The Hall–Kier alpha value is -4.33. The van der Waals surface area contributed by atoms with Crippen LogP contribution in [0.5, 0.6) is 0 Å². The van der Waals surface area contributed by atoms with E-state index in [1.165, 1.54) is 25.3 Å². The molecule has 8 heteroatoms. The third-order valence-electron chi connectivity index (χ3n) is 5.18. The molecule has 0 saturated carbocycles. The maximum atomic E-state index is 12.9. The average Bonchev–Trinajstić information content (AvgIpc) is 3.13. The molecule has 1 unspecified atom stereocenters. The van der Waals surface area contributed by atoms with Gasteiger partial charge in [-0.1, -0.05) is 42.5 Å². The monoisotopic (exact) mass is 429 g/mol. The van der Waals surface area contributed by atoms with Gasteiger partial charge >= 0.3 is 5.97 Å². The number of nitrogens with one attached hydrogen (secondary N) is 1. The van der Waals surface area contributed by atoms with Gasteiger partial charge in [-0.15, -0.1) is 0 Å². The van der Waals surface area contributed by atoms with E-state index >= 15 is 0 Å². The number of anilines is 1. The van der Waals surface area contributed by atoms with Crippen LogP contribution in [0.3, 0.4) is 0 Å². The second-order valence-electron chi connectivity index (χ2n) is 7.23. The van der Waals surface area contributed by atoms with Gasteiger partial charge in [0, 0.05) is 23.4 Å². The van der Waals surface area contributed by atoms with Crippen molar-refractivity contribution in [3.8, 4) is 0 Å². The third-order valence-corrected chi connectivity index (χ3v) is 5.18. The summed E-state index contributed by atoms with van der Waals surface area (Å²) in [5.74, 6) is -1.44. The lowest BCUT2D eigenvalue weighted by molar-refractivity contribution is -0.384. The van der Waals surface area contributed by atoms with Gasteiger partial charge in [0.1, 0.15) is 5.92 Å². The van der Waals surface area contributed by atoms with Crippen molar-refractivity contribution in [2.75, 3.05) is 12.4 Å². The van der Waals surface area contributed by atoms with E-state index < -0.39 is 10.8 Å². The normalized spacial score (nSPS) is 15.1. The Bertz CT molecular complexity index is 1220. The van der Waals surface area contributed by atoms with Gasteiger partial charge in [0.25, 0.3) is 5.69 Å². The number of carbonyl (C=O) groups excluding carboxylic acids is 2. The molecule has 0 aliphatic carbocycles. The molecule has 0 bridgehead atoms. The number of methoxy groups -OCH3 is 1. The standard InChI is InChI=1S/C24H19N3O5/c1-32-21(28)13-15-7-9-17(10-8-15)25-23(16-5-3-2-4-6-16)22-19-14-18(27(30)31)11-12-20(19)26-24(22)29/h2-12,14,22H,13H2,1H3,(H,26,29). The van der Waals surface area contributed by atoms with E-state index in [4.69, 9.17) is 4.99 Å². The van der Waals surface area contributed by atoms with Crippen molar-refractivity contribution < 1.29 is 19.2 Å². The lowest BCUT2D eigenvalue weighted by Crippen LogP contribution is -2.22. The number of ether oxygens (including phenoxy) is 1. The second kappa shape index (κ2) is 8.81. The summed E-state index contributed by atoms with van der Waals surface area (Å²) >= 11 is 0. The molecule has 1 amide bonds. The Morgan fingerprint density at radius 2 is 1.81 bits per heavy atom. The SMILES string of the molecule is COC(=O)Cc1ccc(N=C(c2ccccc2)C2C(=O)Nc3ccc([N+](=O)[O-])cc32)cc1. The summed E-state index contributed by atoms with van der Waals surface area (Å²) in [7, 11) is 1.34. The van der Waals surface area contributed by atoms with E-state index in [9.17, 15) is 19.7 Å². The molecule has 0 spiro atoms. The molecule has 0 fully saturated rings. The molecule has 3 aromatic carbocycles. The topological polar surface area (TPSA) is 111 Å². The van der Waals surface area contributed by atoms with Gasteiger partial charge in [-0.25, -0.2) is 0 Å². The Morgan fingerprint density at radius 1 is 1.09 bits per heavy atom. The summed E-state index contributed by atoms with van der Waals surface area (Å²) in [5, 5.41) is 14.1. The predicted molar refractivity (Wildman–Crippen MR) is 119 cm³/mol. The fourth-order valence-corrected chi connectivity index (χ4v) is 3.60. The zero-order chi connectivity index (χ0) is 22.7. The van der Waals surface area contributed by atoms with E-state index in [0.717, 1.165) is 11.1 Å². The van der Waals surface area contributed by atoms with Gasteiger partial charge in [0.15, 0.2) is 0 Å². The number of non-ortho nitro benzene ring substituents is 1. The second-order valence-corrected chi connectivity index (χ2v) is 7.23. The molecular formula is C24H19N3O5. The minimum atomic E-state index is -0.804. The molecule has 8 nitrogen and oxygen atoms in total. The minimum Gasteiger partial charge on any atom is -0.469 e. The van der Waals surface area contributed by atoms with Crippen LogP contribution >= 0.6 is 0 Å². The minimum absolute atomic E-state index is 0.0928. The number of hydrogen-bond donors (Lipinski definition) is 1. The third kappa shape index (κ3) is 4.24. The average molecular weight is 429 g/mol. The van der Waals surface area contributed by atoms with Crippen LogP contribution in [0.4, 0.5) is 17.1 Å². The molecule has 0 aromatic heterocycles. The number of hydrogen-bond acceptors (Lipinski definition) is 6. The first-order valence-electron chi connectivity index (χ1n) is 9.85. The zero-order valence-electron chi connectivity index (χ0n) is 17.1. The van der Waals surface area contributed by atoms with Crippen molar-refractivity contribution in [3.63, 3.8) is 0 Å². The Balaban J connectivity index is 1.78. The molecule has 1 N–H and O–H groups in total. The first-order valence-corrected chi connectivity index (χ1v) is 9.85. The van der Waals surface area contributed by atoms with Gasteiger partial charge in [-0.2, -0.15) is 0 Å². The number of benzene rings is 3. The van der Waals surface area contributed by atoms with Crippen LogP contribution < -0.4 is 5.32 Å². The van der Waals surface area contributed by atoms with Crippen LogP contribution in [-0.2, 0) is 20.7 Å². The fraction of sp³-hybridized carbons (Fsp3) is 0.125. The summed E-state index contributed by atoms with van der Waals surface area (Å²) in [5.41, 5.74) is 3.51. The van der Waals surface area contributed by atoms with Crippen molar-refractivity contribution in [3.05, 3.63) is 99.6 Å². The molecular weight excluding hydrogens is 410 g/mol. The largest absolute Gasteiger partial charge is 0.469 e. The zero-order valence-corrected chi connectivity index (χ0v) is 17.1. The van der Waals surface area contributed by atoms with E-state index in [1.807, 2.05) is 30.3 Å².